The molecule has 2 aliphatic carbocycles. The number of nitrogens with one attached hydrogen (secondary N) is 1. The molecule has 7 heteroatoms. The molecule has 2 aromatic heterocycles. The van der Waals surface area contributed by atoms with E-state index >= 15 is 0 Å². The highest BCUT2D eigenvalue weighted by atomic mass is 16.3. The largest absolute Gasteiger partial charge is 0.396 e. The van der Waals surface area contributed by atoms with Crippen molar-refractivity contribution in [3.8, 4) is 0 Å². The first kappa shape index (κ1) is 14.8. The van der Waals surface area contributed by atoms with Gasteiger partial charge >= 0.3 is 0 Å². The van der Waals surface area contributed by atoms with E-state index in [1.807, 2.05) is 10.6 Å². The molecule has 1 fully saturated rings. The Hall–Kier alpha value is -2.15. The summed E-state index contributed by atoms with van der Waals surface area (Å²) >= 11 is 0. The van der Waals surface area contributed by atoms with E-state index < -0.39 is 0 Å². The lowest BCUT2D eigenvalue weighted by molar-refractivity contribution is 0.244. The predicted molar refractivity (Wildman–Crippen MR) is 86.5 cm³/mol. The maximum atomic E-state index is 9.26. The van der Waals surface area contributed by atoms with Gasteiger partial charge in [0, 0.05) is 18.6 Å². The molecule has 2 unspecified atom stereocenters. The zero-order valence-electron chi connectivity index (χ0n) is 11.6. The second-order valence-corrected chi connectivity index (χ2v) is 5.80. The van der Waals surface area contributed by atoms with Crippen LogP contribution in [-0.4, -0.2) is 37.3 Å². The molecule has 2 heterocycles. The van der Waals surface area contributed by atoms with Gasteiger partial charge in [0.25, 0.3) is 0 Å². The van der Waals surface area contributed by atoms with Gasteiger partial charge in [0.1, 0.15) is 0 Å². The standard InChI is InChI=1S/C14H18N6O.CH4/c15-14-18-12(17-9-2-3-9)11-13(19-14)20(7-16-11)10-4-1-8(5-10)6-21;/h1,4,7-10,21H,2-3,5-6H2,(H3,15,17,18,19);1H4. The van der Waals surface area contributed by atoms with Gasteiger partial charge in [-0.2, -0.15) is 9.97 Å². The summed E-state index contributed by atoms with van der Waals surface area (Å²) in [4.78, 5) is 13.1. The molecule has 1 saturated carbocycles. The number of nitrogen functional groups attached to an aromatic ring is 1. The molecule has 0 aromatic carbocycles. The Balaban J connectivity index is 0.00000144. The van der Waals surface area contributed by atoms with E-state index in [2.05, 4.69) is 26.3 Å². The third-order valence-corrected chi connectivity index (χ3v) is 4.10. The lowest BCUT2D eigenvalue weighted by Crippen LogP contribution is -2.10. The van der Waals surface area contributed by atoms with Crippen molar-refractivity contribution in [1.82, 2.24) is 19.5 Å². The Morgan fingerprint density at radius 2 is 2.14 bits per heavy atom. The number of anilines is 2. The highest BCUT2D eigenvalue weighted by Crippen LogP contribution is 2.32. The van der Waals surface area contributed by atoms with Gasteiger partial charge in [0.2, 0.25) is 5.95 Å². The molecule has 2 atom stereocenters. The molecule has 0 aliphatic heterocycles. The predicted octanol–water partition coefficient (Wildman–Crippen LogP) is 1.73. The van der Waals surface area contributed by atoms with E-state index in [4.69, 9.17) is 5.73 Å². The molecule has 2 aliphatic rings. The van der Waals surface area contributed by atoms with E-state index in [1.165, 1.54) is 0 Å². The van der Waals surface area contributed by atoms with E-state index in [1.54, 1.807) is 6.33 Å². The number of imidazole rings is 1. The normalized spacial score (nSPS) is 23.7. The van der Waals surface area contributed by atoms with Crippen LogP contribution in [0, 0.1) is 5.92 Å². The molecule has 0 spiro atoms. The molecule has 2 aromatic rings. The molecule has 0 radical (unpaired) electrons. The van der Waals surface area contributed by atoms with Gasteiger partial charge in [-0.15, -0.1) is 0 Å². The summed E-state index contributed by atoms with van der Waals surface area (Å²) < 4.78 is 2.01. The van der Waals surface area contributed by atoms with Crippen LogP contribution >= 0.6 is 0 Å². The van der Waals surface area contributed by atoms with Crippen molar-refractivity contribution in [3.05, 3.63) is 18.5 Å². The number of allylic oxidation sites excluding steroid dienone is 1. The smallest absolute Gasteiger partial charge is 0.224 e. The fourth-order valence-corrected chi connectivity index (χ4v) is 2.79. The lowest BCUT2D eigenvalue weighted by atomic mass is 10.1. The van der Waals surface area contributed by atoms with Gasteiger partial charge in [0.05, 0.1) is 12.4 Å². The summed E-state index contributed by atoms with van der Waals surface area (Å²) in [5.74, 6) is 1.18. The quantitative estimate of drug-likeness (QED) is 0.743. The molecule has 0 saturated heterocycles. The number of nitrogens with two attached hydrogens (primary N) is 1. The van der Waals surface area contributed by atoms with Gasteiger partial charge < -0.3 is 20.7 Å². The van der Waals surface area contributed by atoms with E-state index in [-0.39, 0.29) is 31.9 Å². The first-order valence-corrected chi connectivity index (χ1v) is 7.30. The molecule has 22 heavy (non-hydrogen) atoms. The zero-order chi connectivity index (χ0) is 14.4. The fraction of sp³-hybridized carbons (Fsp3) is 0.533. The monoisotopic (exact) mass is 302 g/mol. The molecule has 4 rings (SSSR count). The molecule has 0 amide bonds. The molecular weight excluding hydrogens is 280 g/mol. The van der Waals surface area contributed by atoms with Gasteiger partial charge in [-0.25, -0.2) is 4.98 Å². The van der Waals surface area contributed by atoms with Crippen LogP contribution in [0.1, 0.15) is 32.7 Å². The van der Waals surface area contributed by atoms with Crippen molar-refractivity contribution >= 4 is 22.9 Å². The Kier molecular flexibility index (Phi) is 3.74. The van der Waals surface area contributed by atoms with Crippen LogP contribution in [0.25, 0.3) is 11.2 Å². The van der Waals surface area contributed by atoms with Gasteiger partial charge in [0.15, 0.2) is 17.0 Å². The summed E-state index contributed by atoms with van der Waals surface area (Å²) in [6, 6.07) is 0.646. The van der Waals surface area contributed by atoms with Crippen molar-refractivity contribution in [2.75, 3.05) is 17.7 Å². The maximum Gasteiger partial charge on any atom is 0.224 e. The van der Waals surface area contributed by atoms with Crippen molar-refractivity contribution in [2.24, 2.45) is 5.92 Å². The van der Waals surface area contributed by atoms with Crippen LogP contribution in [0.2, 0.25) is 0 Å². The number of rotatable bonds is 4. The third-order valence-electron chi connectivity index (χ3n) is 4.10. The van der Waals surface area contributed by atoms with Gasteiger partial charge in [-0.05, 0) is 19.3 Å². The van der Waals surface area contributed by atoms with Crippen LogP contribution in [0.4, 0.5) is 11.8 Å². The number of aliphatic hydroxyl groups excluding tert-OH is 1. The summed E-state index contributed by atoms with van der Waals surface area (Å²) in [5.41, 5.74) is 7.35. The number of fused-ring (bicyclic) bond motifs is 1. The maximum absolute atomic E-state index is 9.26. The summed E-state index contributed by atoms with van der Waals surface area (Å²) in [7, 11) is 0. The van der Waals surface area contributed by atoms with Crippen LogP contribution in [0.5, 0.6) is 0 Å². The third kappa shape index (κ3) is 2.52. The minimum absolute atomic E-state index is 0. The molecule has 0 bridgehead atoms. The number of nitrogens with zero attached hydrogens (tertiary/aromatic N) is 4. The first-order valence-electron chi connectivity index (χ1n) is 7.30. The van der Waals surface area contributed by atoms with E-state index in [0.29, 0.717) is 6.04 Å². The summed E-state index contributed by atoms with van der Waals surface area (Å²) in [6.45, 7) is 0.172. The van der Waals surface area contributed by atoms with Crippen LogP contribution < -0.4 is 11.1 Å². The Morgan fingerprint density at radius 3 is 2.82 bits per heavy atom. The Bertz CT molecular complexity index is 705. The van der Waals surface area contributed by atoms with Crippen molar-refractivity contribution < 1.29 is 5.11 Å². The lowest BCUT2D eigenvalue weighted by Gasteiger charge is -2.13. The molecular formula is C15H22N6O. The van der Waals surface area contributed by atoms with Crippen molar-refractivity contribution in [1.29, 1.82) is 0 Å². The number of hydrogen-bond donors (Lipinski definition) is 3. The second kappa shape index (κ2) is 5.57. The Morgan fingerprint density at radius 1 is 1.32 bits per heavy atom. The summed E-state index contributed by atoms with van der Waals surface area (Å²) in [5, 5.41) is 12.6. The first-order chi connectivity index (χ1) is 10.2. The minimum Gasteiger partial charge on any atom is -0.396 e. The molecule has 4 N–H and O–H groups in total. The molecule has 118 valence electrons. The van der Waals surface area contributed by atoms with Crippen molar-refractivity contribution in [2.45, 2.75) is 38.8 Å². The number of hydrogen-bond acceptors (Lipinski definition) is 6. The molecule has 7 nitrogen and oxygen atoms in total. The second-order valence-electron chi connectivity index (χ2n) is 5.80. The van der Waals surface area contributed by atoms with E-state index in [0.717, 1.165) is 36.2 Å². The average molecular weight is 302 g/mol. The van der Waals surface area contributed by atoms with Crippen molar-refractivity contribution in [3.63, 3.8) is 0 Å². The Labute approximate surface area is 129 Å². The van der Waals surface area contributed by atoms with Crippen LogP contribution in [0.3, 0.4) is 0 Å². The number of aromatic nitrogens is 4. The van der Waals surface area contributed by atoms with E-state index in [9.17, 15) is 5.11 Å². The highest BCUT2D eigenvalue weighted by molar-refractivity contribution is 5.84. The minimum atomic E-state index is 0. The van der Waals surface area contributed by atoms with Gasteiger partial charge in [-0.3, -0.25) is 0 Å². The SMILES string of the molecule is C.Nc1nc(NC2CC2)c2ncn(C3C=CC(CO)C3)c2n1. The topological polar surface area (TPSA) is 102 Å². The fourth-order valence-electron chi connectivity index (χ4n) is 2.79. The average Bonchev–Trinajstić information content (AvgIpc) is 3.01. The van der Waals surface area contributed by atoms with Gasteiger partial charge in [-0.1, -0.05) is 19.6 Å². The summed E-state index contributed by atoms with van der Waals surface area (Å²) in [6.07, 6.45) is 9.10. The number of aliphatic hydroxyl groups is 1. The zero-order valence-corrected chi connectivity index (χ0v) is 11.6. The van der Waals surface area contributed by atoms with Crippen LogP contribution in [0.15, 0.2) is 18.5 Å². The highest BCUT2D eigenvalue weighted by Gasteiger charge is 2.26. The van der Waals surface area contributed by atoms with Crippen LogP contribution in [-0.2, 0) is 0 Å².